The lowest BCUT2D eigenvalue weighted by molar-refractivity contribution is -0.133. The molecule has 1 aliphatic rings. The summed E-state index contributed by atoms with van der Waals surface area (Å²) >= 11 is 5.77. The standard InChI is InChI=1S/C11H19ClN2O2/c1-3-10(15)13-5-4-6-14(8-7-13)11(16)9(2)12/h9H,3-8H2,1-2H3. The number of carbonyl (C=O) groups is 2. The summed E-state index contributed by atoms with van der Waals surface area (Å²) in [4.78, 5) is 26.8. The molecule has 0 aliphatic carbocycles. The van der Waals surface area contributed by atoms with E-state index >= 15 is 0 Å². The Balaban J connectivity index is 2.52. The van der Waals surface area contributed by atoms with Crippen LogP contribution in [0.2, 0.25) is 0 Å². The Hall–Kier alpha value is -0.770. The van der Waals surface area contributed by atoms with Crippen molar-refractivity contribution in [3.05, 3.63) is 0 Å². The monoisotopic (exact) mass is 246 g/mol. The first-order chi connectivity index (χ1) is 7.56. The quantitative estimate of drug-likeness (QED) is 0.685. The molecule has 0 aromatic rings. The second-order valence-corrected chi connectivity index (χ2v) is 4.68. The van der Waals surface area contributed by atoms with E-state index in [4.69, 9.17) is 11.6 Å². The average molecular weight is 247 g/mol. The van der Waals surface area contributed by atoms with Gasteiger partial charge in [0, 0.05) is 32.6 Å². The number of carbonyl (C=O) groups excluding carboxylic acids is 2. The van der Waals surface area contributed by atoms with Crippen molar-refractivity contribution in [3.8, 4) is 0 Å². The summed E-state index contributed by atoms with van der Waals surface area (Å²) in [6.07, 6.45) is 1.36. The molecule has 0 radical (unpaired) electrons. The van der Waals surface area contributed by atoms with Crippen molar-refractivity contribution < 1.29 is 9.59 Å². The molecule has 16 heavy (non-hydrogen) atoms. The summed E-state index contributed by atoms with van der Waals surface area (Å²) in [5, 5.41) is -0.478. The second kappa shape index (κ2) is 6.09. The number of nitrogens with zero attached hydrogens (tertiary/aromatic N) is 2. The lowest BCUT2D eigenvalue weighted by Gasteiger charge is -2.22. The maximum Gasteiger partial charge on any atom is 0.240 e. The number of hydrogen-bond donors (Lipinski definition) is 0. The van der Waals surface area contributed by atoms with Gasteiger partial charge >= 0.3 is 0 Å². The number of halogens is 1. The van der Waals surface area contributed by atoms with Crippen LogP contribution in [0.3, 0.4) is 0 Å². The molecule has 92 valence electrons. The van der Waals surface area contributed by atoms with Crippen LogP contribution in [-0.4, -0.2) is 53.2 Å². The van der Waals surface area contributed by atoms with Crippen LogP contribution >= 0.6 is 11.6 Å². The van der Waals surface area contributed by atoms with E-state index in [9.17, 15) is 9.59 Å². The summed E-state index contributed by atoms with van der Waals surface area (Å²) in [7, 11) is 0. The van der Waals surface area contributed by atoms with Gasteiger partial charge in [-0.1, -0.05) is 6.92 Å². The molecule has 1 rings (SSSR count). The van der Waals surface area contributed by atoms with Crippen molar-refractivity contribution >= 4 is 23.4 Å². The third kappa shape index (κ3) is 3.37. The van der Waals surface area contributed by atoms with Gasteiger partial charge in [-0.2, -0.15) is 0 Å². The Labute approximate surface area is 102 Å². The molecule has 1 heterocycles. The first kappa shape index (κ1) is 13.3. The number of amides is 2. The van der Waals surface area contributed by atoms with Crippen LogP contribution in [0, 0.1) is 0 Å². The summed E-state index contributed by atoms with van der Waals surface area (Å²) < 4.78 is 0. The van der Waals surface area contributed by atoms with E-state index in [2.05, 4.69) is 0 Å². The molecule has 0 spiro atoms. The summed E-state index contributed by atoms with van der Waals surface area (Å²) in [6, 6.07) is 0. The van der Waals surface area contributed by atoms with Crippen LogP contribution in [0.5, 0.6) is 0 Å². The minimum absolute atomic E-state index is 0.0348. The smallest absolute Gasteiger partial charge is 0.240 e. The van der Waals surface area contributed by atoms with Gasteiger partial charge in [-0.25, -0.2) is 0 Å². The van der Waals surface area contributed by atoms with E-state index in [1.165, 1.54) is 0 Å². The van der Waals surface area contributed by atoms with Gasteiger partial charge in [0.1, 0.15) is 5.38 Å². The number of rotatable bonds is 2. The van der Waals surface area contributed by atoms with E-state index in [0.717, 1.165) is 13.0 Å². The van der Waals surface area contributed by atoms with Crippen LogP contribution in [0.15, 0.2) is 0 Å². The summed E-state index contributed by atoms with van der Waals surface area (Å²) in [5.74, 6) is 0.126. The average Bonchev–Trinajstić information content (AvgIpc) is 2.52. The van der Waals surface area contributed by atoms with Gasteiger partial charge in [0.25, 0.3) is 0 Å². The molecule has 0 saturated carbocycles. The molecule has 1 fully saturated rings. The zero-order valence-corrected chi connectivity index (χ0v) is 10.7. The number of alkyl halides is 1. The van der Waals surface area contributed by atoms with Gasteiger partial charge in [-0.05, 0) is 13.3 Å². The third-order valence-electron chi connectivity index (χ3n) is 2.80. The highest BCUT2D eigenvalue weighted by atomic mass is 35.5. The van der Waals surface area contributed by atoms with Crippen molar-refractivity contribution in [3.63, 3.8) is 0 Å². The molecule has 1 aliphatic heterocycles. The topological polar surface area (TPSA) is 40.6 Å². The van der Waals surface area contributed by atoms with E-state index < -0.39 is 5.38 Å². The van der Waals surface area contributed by atoms with Crippen molar-refractivity contribution in [2.24, 2.45) is 0 Å². The van der Waals surface area contributed by atoms with Gasteiger partial charge in [0.2, 0.25) is 11.8 Å². The summed E-state index contributed by atoms with van der Waals surface area (Å²) in [6.45, 7) is 6.21. The molecule has 1 unspecified atom stereocenters. The molecule has 5 heteroatoms. The first-order valence-corrected chi connectivity index (χ1v) is 6.20. The molecule has 0 aromatic carbocycles. The van der Waals surface area contributed by atoms with Gasteiger partial charge in [-0.3, -0.25) is 9.59 Å². The highest BCUT2D eigenvalue weighted by Crippen LogP contribution is 2.08. The maximum absolute atomic E-state index is 11.7. The van der Waals surface area contributed by atoms with E-state index in [1.807, 2.05) is 11.8 Å². The highest BCUT2D eigenvalue weighted by molar-refractivity contribution is 6.30. The Kier molecular flexibility index (Phi) is 5.06. The Morgan fingerprint density at radius 1 is 1.19 bits per heavy atom. The van der Waals surface area contributed by atoms with E-state index in [-0.39, 0.29) is 11.8 Å². The Morgan fingerprint density at radius 2 is 1.75 bits per heavy atom. The lowest BCUT2D eigenvalue weighted by Crippen LogP contribution is -2.39. The van der Waals surface area contributed by atoms with E-state index in [1.54, 1.807) is 11.8 Å². The zero-order valence-electron chi connectivity index (χ0n) is 9.91. The maximum atomic E-state index is 11.7. The first-order valence-electron chi connectivity index (χ1n) is 5.77. The fourth-order valence-corrected chi connectivity index (χ4v) is 2.00. The molecular formula is C11H19ClN2O2. The van der Waals surface area contributed by atoms with Gasteiger partial charge in [-0.15, -0.1) is 11.6 Å². The Bertz CT molecular complexity index is 269. The summed E-state index contributed by atoms with van der Waals surface area (Å²) in [5.41, 5.74) is 0. The lowest BCUT2D eigenvalue weighted by atomic mass is 10.3. The fraction of sp³-hybridized carbons (Fsp3) is 0.818. The second-order valence-electron chi connectivity index (χ2n) is 4.03. The minimum Gasteiger partial charge on any atom is -0.341 e. The van der Waals surface area contributed by atoms with Gasteiger partial charge in [0.15, 0.2) is 0 Å². The minimum atomic E-state index is -0.478. The molecule has 1 atom stereocenters. The van der Waals surface area contributed by atoms with Crippen LogP contribution < -0.4 is 0 Å². The molecule has 0 aromatic heterocycles. The molecular weight excluding hydrogens is 228 g/mol. The van der Waals surface area contributed by atoms with Gasteiger partial charge in [0.05, 0.1) is 0 Å². The third-order valence-corrected chi connectivity index (χ3v) is 2.99. The van der Waals surface area contributed by atoms with Crippen molar-refractivity contribution in [2.45, 2.75) is 32.1 Å². The highest BCUT2D eigenvalue weighted by Gasteiger charge is 2.23. The van der Waals surface area contributed by atoms with Crippen molar-refractivity contribution in [1.82, 2.24) is 9.80 Å². The number of hydrogen-bond acceptors (Lipinski definition) is 2. The van der Waals surface area contributed by atoms with Crippen LogP contribution in [0.1, 0.15) is 26.7 Å². The van der Waals surface area contributed by atoms with Crippen LogP contribution in [-0.2, 0) is 9.59 Å². The Morgan fingerprint density at radius 3 is 2.31 bits per heavy atom. The zero-order chi connectivity index (χ0) is 12.1. The van der Waals surface area contributed by atoms with Crippen molar-refractivity contribution in [1.29, 1.82) is 0 Å². The molecule has 1 saturated heterocycles. The SMILES string of the molecule is CCC(=O)N1CCCN(C(=O)C(C)Cl)CC1. The molecule has 0 bridgehead atoms. The predicted molar refractivity (Wildman–Crippen MR) is 63.4 cm³/mol. The van der Waals surface area contributed by atoms with Crippen LogP contribution in [0.4, 0.5) is 0 Å². The van der Waals surface area contributed by atoms with E-state index in [0.29, 0.717) is 26.1 Å². The fourth-order valence-electron chi connectivity index (χ4n) is 1.86. The van der Waals surface area contributed by atoms with Crippen LogP contribution in [0.25, 0.3) is 0 Å². The molecule has 0 N–H and O–H groups in total. The normalized spacial score (nSPS) is 19.2. The van der Waals surface area contributed by atoms with Gasteiger partial charge < -0.3 is 9.80 Å². The predicted octanol–water partition coefficient (Wildman–Crippen LogP) is 1.08. The molecule has 4 nitrogen and oxygen atoms in total. The van der Waals surface area contributed by atoms with Crippen molar-refractivity contribution in [2.75, 3.05) is 26.2 Å². The largest absolute Gasteiger partial charge is 0.341 e. The molecule has 2 amide bonds.